The molecule has 0 atom stereocenters. The predicted octanol–water partition coefficient (Wildman–Crippen LogP) is 4.50. The van der Waals surface area contributed by atoms with Gasteiger partial charge >= 0.3 is 0 Å². The zero-order valence-electron chi connectivity index (χ0n) is 16.5. The normalized spacial score (nSPS) is 14.5. The summed E-state index contributed by atoms with van der Waals surface area (Å²) < 4.78 is 32.7. The van der Waals surface area contributed by atoms with Crippen molar-refractivity contribution in [3.8, 4) is 34.5 Å². The first-order chi connectivity index (χ1) is 14.1. The van der Waals surface area contributed by atoms with Crippen molar-refractivity contribution in [2.45, 2.75) is 6.42 Å². The second kappa shape index (κ2) is 9.25. The lowest BCUT2D eigenvalue weighted by Crippen LogP contribution is -2.07. The minimum atomic E-state index is -0.192. The van der Waals surface area contributed by atoms with Crippen molar-refractivity contribution in [1.29, 1.82) is 0 Å². The second-order valence-corrected chi connectivity index (χ2v) is 6.54. The fraction of sp³-hybridized carbons (Fsp3) is 0.286. The molecule has 0 fully saturated rings. The summed E-state index contributed by atoms with van der Waals surface area (Å²) in [6, 6.07) is 7.11. The Morgan fingerprint density at radius 2 is 1.66 bits per heavy atom. The van der Waals surface area contributed by atoms with Gasteiger partial charge in [-0.15, -0.1) is 0 Å². The van der Waals surface area contributed by atoms with Gasteiger partial charge < -0.3 is 26.8 Å². The average molecular weight is 512 g/mol. The summed E-state index contributed by atoms with van der Waals surface area (Å²) in [4.78, 5) is 13.4. The smallest absolute Gasteiger partial charge is 0.204 e. The van der Waals surface area contributed by atoms with Crippen LogP contribution in [0.25, 0.3) is 6.08 Å². The van der Waals surface area contributed by atoms with E-state index in [9.17, 15) is 4.79 Å². The molecule has 0 aliphatic carbocycles. The summed E-state index contributed by atoms with van der Waals surface area (Å²) >= 11 is 1.79. The van der Waals surface area contributed by atoms with Crippen LogP contribution in [0.1, 0.15) is 22.3 Å². The number of benzene rings is 2. The molecule has 3 rings (SSSR count). The highest BCUT2D eigenvalue weighted by atomic mass is 127. The van der Waals surface area contributed by atoms with Crippen LogP contribution in [0.4, 0.5) is 0 Å². The van der Waals surface area contributed by atoms with Crippen LogP contribution in [-0.4, -0.2) is 40.8 Å². The van der Waals surface area contributed by atoms with Crippen LogP contribution < -0.4 is 26.8 Å². The maximum Gasteiger partial charge on any atom is 0.204 e. The van der Waals surface area contributed by atoms with E-state index >= 15 is 0 Å². The van der Waals surface area contributed by atoms with Crippen molar-refractivity contribution in [2.75, 3.05) is 35.0 Å². The molecule has 0 spiro atoms. The van der Waals surface area contributed by atoms with Gasteiger partial charge in [-0.1, -0.05) is 6.07 Å². The summed E-state index contributed by atoms with van der Waals surface area (Å²) in [5.74, 6) is 2.46. The number of Topliss-reactive ketones (excluding diaryl/α,β-unsaturated/α-hetero) is 1. The molecule has 1 aliphatic heterocycles. The minimum Gasteiger partial charge on any atom is -0.493 e. The molecule has 2 aromatic rings. The van der Waals surface area contributed by atoms with E-state index in [1.54, 1.807) is 42.2 Å². The van der Waals surface area contributed by atoms with Crippen LogP contribution in [0.2, 0.25) is 0 Å². The summed E-state index contributed by atoms with van der Waals surface area (Å²) in [6.45, 7) is 0.342. The Bertz CT molecular complexity index is 953. The number of halogens is 1. The molecule has 0 saturated carbocycles. The van der Waals surface area contributed by atoms with E-state index < -0.39 is 0 Å². The minimum absolute atomic E-state index is 0.192. The van der Waals surface area contributed by atoms with Crippen LogP contribution >= 0.6 is 23.0 Å². The topological polar surface area (TPSA) is 72.5 Å². The van der Waals surface area contributed by atoms with E-state index in [-0.39, 0.29) is 11.5 Å². The number of rotatable bonds is 6. The summed E-state index contributed by atoms with van der Waals surface area (Å²) in [5, 5.41) is 0. The van der Waals surface area contributed by atoms with Gasteiger partial charge in [0.15, 0.2) is 51.8 Å². The third-order valence-electron chi connectivity index (χ3n) is 4.55. The highest BCUT2D eigenvalue weighted by Crippen LogP contribution is 2.47. The van der Waals surface area contributed by atoms with Gasteiger partial charge in [-0.2, -0.15) is 0 Å². The standard InChI is InChI=1S/C21H21IO7/c1-24-14-6-5-12(10-15(14)29-22)9-13-7-8-28-16-11-17(25-2)20(26-3)21(27-4)18(16)19(13)23/h5-6,9-11H,7-8H2,1-4H3/b13-9+. The van der Waals surface area contributed by atoms with Gasteiger partial charge in [0.2, 0.25) is 5.75 Å². The molecule has 1 heterocycles. The van der Waals surface area contributed by atoms with Gasteiger partial charge in [0.1, 0.15) is 11.3 Å². The molecule has 0 aromatic heterocycles. The van der Waals surface area contributed by atoms with Crippen molar-refractivity contribution in [3.05, 3.63) is 41.0 Å². The van der Waals surface area contributed by atoms with Crippen LogP contribution in [0.3, 0.4) is 0 Å². The van der Waals surface area contributed by atoms with E-state index in [0.29, 0.717) is 52.9 Å². The van der Waals surface area contributed by atoms with Crippen molar-refractivity contribution in [1.82, 2.24) is 0 Å². The molecule has 2 aromatic carbocycles. The number of ketones is 1. The first-order valence-corrected chi connectivity index (χ1v) is 9.63. The Kier molecular flexibility index (Phi) is 6.73. The third kappa shape index (κ3) is 4.07. The molecule has 0 bridgehead atoms. The highest BCUT2D eigenvalue weighted by molar-refractivity contribution is 14.1. The number of fused-ring (bicyclic) bond motifs is 1. The van der Waals surface area contributed by atoms with Gasteiger partial charge in [0, 0.05) is 18.1 Å². The van der Waals surface area contributed by atoms with Crippen molar-refractivity contribution < 1.29 is 31.5 Å². The van der Waals surface area contributed by atoms with Crippen molar-refractivity contribution in [2.24, 2.45) is 0 Å². The predicted molar refractivity (Wildman–Crippen MR) is 116 cm³/mol. The van der Waals surface area contributed by atoms with Crippen molar-refractivity contribution in [3.63, 3.8) is 0 Å². The SMILES string of the molecule is COc1ccc(/C=C2\CCOc3cc(OC)c(OC)c(OC)c3C2=O)cc1OI. The Labute approximate surface area is 183 Å². The molecular weight excluding hydrogens is 491 g/mol. The fourth-order valence-corrected chi connectivity index (χ4v) is 3.53. The third-order valence-corrected chi connectivity index (χ3v) is 5.03. The van der Waals surface area contributed by atoms with Gasteiger partial charge in [0.25, 0.3) is 0 Å². The Morgan fingerprint density at radius 3 is 2.28 bits per heavy atom. The molecule has 0 radical (unpaired) electrons. The number of carbonyl (C=O) groups excluding carboxylic acids is 1. The maximum atomic E-state index is 13.4. The molecule has 0 unspecified atom stereocenters. The Balaban J connectivity index is 2.11. The number of ether oxygens (including phenoxy) is 5. The fourth-order valence-electron chi connectivity index (χ4n) is 3.19. The van der Waals surface area contributed by atoms with Crippen LogP contribution in [-0.2, 0) is 0 Å². The molecular formula is C21H21IO7. The number of methoxy groups -OCH3 is 4. The molecule has 0 amide bonds. The van der Waals surface area contributed by atoms with E-state index in [4.69, 9.17) is 26.8 Å². The van der Waals surface area contributed by atoms with Gasteiger partial charge in [-0.3, -0.25) is 4.79 Å². The molecule has 0 N–H and O–H groups in total. The first kappa shape index (κ1) is 21.1. The monoisotopic (exact) mass is 512 g/mol. The molecule has 154 valence electrons. The lowest BCUT2D eigenvalue weighted by atomic mass is 9.97. The number of hydrogen-bond donors (Lipinski definition) is 0. The van der Waals surface area contributed by atoms with Crippen LogP contribution in [0.5, 0.6) is 34.5 Å². The molecule has 0 saturated heterocycles. The zero-order chi connectivity index (χ0) is 21.0. The quantitative estimate of drug-likeness (QED) is 0.417. The largest absolute Gasteiger partial charge is 0.493 e. The van der Waals surface area contributed by atoms with Crippen LogP contribution in [0.15, 0.2) is 29.8 Å². The summed E-state index contributed by atoms with van der Waals surface area (Å²) in [7, 11) is 6.06. The zero-order valence-corrected chi connectivity index (χ0v) is 18.7. The van der Waals surface area contributed by atoms with E-state index in [1.807, 2.05) is 18.2 Å². The second-order valence-electron chi connectivity index (χ2n) is 6.10. The average Bonchev–Trinajstić information content (AvgIpc) is 2.90. The lowest BCUT2D eigenvalue weighted by molar-refractivity contribution is 0.103. The van der Waals surface area contributed by atoms with Crippen LogP contribution in [0, 0.1) is 0 Å². The molecule has 29 heavy (non-hydrogen) atoms. The van der Waals surface area contributed by atoms with Gasteiger partial charge in [0.05, 0.1) is 35.0 Å². The van der Waals surface area contributed by atoms with E-state index in [2.05, 4.69) is 0 Å². The lowest BCUT2D eigenvalue weighted by Gasteiger charge is -2.17. The Hall–Kier alpha value is -2.62. The molecule has 1 aliphatic rings. The molecule has 7 nitrogen and oxygen atoms in total. The molecule has 8 heteroatoms. The van der Waals surface area contributed by atoms with Crippen molar-refractivity contribution >= 4 is 34.9 Å². The number of hydrogen-bond acceptors (Lipinski definition) is 7. The van der Waals surface area contributed by atoms with Gasteiger partial charge in [-0.25, -0.2) is 0 Å². The summed E-state index contributed by atoms with van der Waals surface area (Å²) in [5.41, 5.74) is 1.70. The summed E-state index contributed by atoms with van der Waals surface area (Å²) in [6.07, 6.45) is 2.25. The van der Waals surface area contributed by atoms with Gasteiger partial charge in [-0.05, 0) is 23.8 Å². The highest BCUT2D eigenvalue weighted by Gasteiger charge is 2.30. The maximum absolute atomic E-state index is 13.4. The first-order valence-electron chi connectivity index (χ1n) is 8.75. The van der Waals surface area contributed by atoms with E-state index in [0.717, 1.165) is 5.56 Å². The van der Waals surface area contributed by atoms with E-state index in [1.165, 1.54) is 21.3 Å². The Morgan fingerprint density at radius 1 is 0.931 bits per heavy atom. The number of carbonyl (C=O) groups is 1.